The lowest BCUT2D eigenvalue weighted by molar-refractivity contribution is -0.115. The van der Waals surface area contributed by atoms with Crippen LogP contribution in [0.4, 0.5) is 5.69 Å². The Morgan fingerprint density at radius 1 is 1.03 bits per heavy atom. The zero-order valence-electron chi connectivity index (χ0n) is 20.0. The van der Waals surface area contributed by atoms with E-state index in [2.05, 4.69) is 33.9 Å². The Bertz CT molecular complexity index is 1070. The number of hydrogen-bond acceptors (Lipinski definition) is 6. The molecule has 0 saturated heterocycles. The quantitative estimate of drug-likeness (QED) is 0.395. The van der Waals surface area contributed by atoms with Gasteiger partial charge in [0.1, 0.15) is 11.5 Å². The first kappa shape index (κ1) is 24.6. The molecule has 0 aliphatic rings. The number of benzene rings is 2. The van der Waals surface area contributed by atoms with Gasteiger partial charge >= 0.3 is 0 Å². The van der Waals surface area contributed by atoms with Gasteiger partial charge in [-0.3, -0.25) is 4.79 Å². The maximum Gasteiger partial charge on any atom is 0.237 e. The molecule has 33 heavy (non-hydrogen) atoms. The average Bonchev–Trinajstić information content (AvgIpc) is 3.17. The second-order valence-electron chi connectivity index (χ2n) is 8.35. The number of anilines is 1. The van der Waals surface area contributed by atoms with Gasteiger partial charge in [0.25, 0.3) is 0 Å². The smallest absolute Gasteiger partial charge is 0.237 e. The first-order valence-corrected chi connectivity index (χ1v) is 11.9. The molecule has 176 valence electrons. The summed E-state index contributed by atoms with van der Waals surface area (Å²) in [5, 5.41) is 12.2. The van der Waals surface area contributed by atoms with E-state index in [-0.39, 0.29) is 17.3 Å². The number of thioether (sulfide) groups is 1. The second kappa shape index (κ2) is 11.2. The third kappa shape index (κ3) is 6.51. The fraction of sp³-hybridized carbons (Fsp3) is 0.400. The van der Waals surface area contributed by atoms with Crippen molar-refractivity contribution in [2.45, 2.75) is 57.7 Å². The monoisotopic (exact) mass is 468 g/mol. The molecule has 0 aliphatic heterocycles. The molecule has 2 atom stereocenters. The van der Waals surface area contributed by atoms with Crippen molar-refractivity contribution in [1.82, 2.24) is 14.8 Å². The van der Waals surface area contributed by atoms with Gasteiger partial charge in [0.15, 0.2) is 17.1 Å². The minimum absolute atomic E-state index is 0.0718. The normalized spacial score (nSPS) is 12.9. The predicted octanol–water partition coefficient (Wildman–Crippen LogP) is 5.51. The standard InChI is InChI=1S/C25H32N4O3S/c1-16(2)15-29-23(18(4)32-21-13-11-20(31-6)12-14-21)27-28-25(29)33-19(5)24(30)26-22-10-8-7-9-17(22)3/h7-14,16,18-19H,15H2,1-6H3,(H,26,30). The third-order valence-corrected chi connectivity index (χ3v) is 6.16. The zero-order chi connectivity index (χ0) is 24.0. The fourth-order valence-corrected chi connectivity index (χ4v) is 4.16. The summed E-state index contributed by atoms with van der Waals surface area (Å²) >= 11 is 1.40. The highest BCUT2D eigenvalue weighted by Crippen LogP contribution is 2.29. The van der Waals surface area contributed by atoms with Crippen LogP contribution in [0.5, 0.6) is 11.5 Å². The van der Waals surface area contributed by atoms with Gasteiger partial charge < -0.3 is 19.4 Å². The second-order valence-corrected chi connectivity index (χ2v) is 9.65. The van der Waals surface area contributed by atoms with Crippen LogP contribution < -0.4 is 14.8 Å². The summed E-state index contributed by atoms with van der Waals surface area (Å²) < 4.78 is 13.4. The van der Waals surface area contributed by atoms with E-state index in [9.17, 15) is 4.79 Å². The molecule has 0 radical (unpaired) electrons. The molecule has 1 N–H and O–H groups in total. The van der Waals surface area contributed by atoms with Gasteiger partial charge in [-0.15, -0.1) is 10.2 Å². The number of carbonyl (C=O) groups excluding carboxylic acids is 1. The largest absolute Gasteiger partial charge is 0.497 e. The zero-order valence-corrected chi connectivity index (χ0v) is 20.8. The first-order chi connectivity index (χ1) is 15.8. The van der Waals surface area contributed by atoms with E-state index in [0.717, 1.165) is 35.1 Å². The van der Waals surface area contributed by atoms with Crippen LogP contribution in [0.1, 0.15) is 45.2 Å². The molecule has 0 fully saturated rings. The highest BCUT2D eigenvalue weighted by Gasteiger charge is 2.24. The van der Waals surface area contributed by atoms with E-state index in [1.165, 1.54) is 11.8 Å². The summed E-state index contributed by atoms with van der Waals surface area (Å²) in [4.78, 5) is 12.8. The number of para-hydroxylation sites is 1. The van der Waals surface area contributed by atoms with Crippen molar-refractivity contribution >= 4 is 23.4 Å². The number of hydrogen-bond donors (Lipinski definition) is 1. The highest BCUT2D eigenvalue weighted by atomic mass is 32.2. The Hall–Kier alpha value is -3.00. The maximum absolute atomic E-state index is 12.8. The molecular weight excluding hydrogens is 436 g/mol. The van der Waals surface area contributed by atoms with Crippen LogP contribution in [-0.4, -0.2) is 33.0 Å². The van der Waals surface area contributed by atoms with Gasteiger partial charge in [0, 0.05) is 12.2 Å². The summed E-state index contributed by atoms with van der Waals surface area (Å²) in [6.45, 7) is 10.8. The van der Waals surface area contributed by atoms with E-state index >= 15 is 0 Å². The molecule has 3 rings (SSSR count). The van der Waals surface area contributed by atoms with Gasteiger partial charge in [0.05, 0.1) is 12.4 Å². The lowest BCUT2D eigenvalue weighted by Crippen LogP contribution is -2.23. The molecule has 8 heteroatoms. The molecule has 0 saturated carbocycles. The Morgan fingerprint density at radius 3 is 2.33 bits per heavy atom. The fourth-order valence-electron chi connectivity index (χ4n) is 3.29. The number of nitrogens with one attached hydrogen (secondary N) is 1. The molecule has 1 aromatic heterocycles. The van der Waals surface area contributed by atoms with Crippen molar-refractivity contribution in [2.75, 3.05) is 12.4 Å². The Morgan fingerprint density at radius 2 is 1.70 bits per heavy atom. The van der Waals surface area contributed by atoms with Gasteiger partial charge in [-0.2, -0.15) is 0 Å². The highest BCUT2D eigenvalue weighted by molar-refractivity contribution is 8.00. The molecule has 3 aromatic rings. The number of ether oxygens (including phenoxy) is 2. The first-order valence-electron chi connectivity index (χ1n) is 11.1. The van der Waals surface area contributed by atoms with Crippen LogP contribution in [-0.2, 0) is 11.3 Å². The Labute approximate surface area is 199 Å². The summed E-state index contributed by atoms with van der Waals surface area (Å²) in [7, 11) is 1.63. The van der Waals surface area contributed by atoms with Crippen LogP contribution >= 0.6 is 11.8 Å². The molecule has 0 aliphatic carbocycles. The minimum atomic E-state index is -0.342. The van der Waals surface area contributed by atoms with Crippen molar-refractivity contribution in [2.24, 2.45) is 5.92 Å². The number of methoxy groups -OCH3 is 1. The average molecular weight is 469 g/mol. The van der Waals surface area contributed by atoms with Gasteiger partial charge in [-0.1, -0.05) is 43.8 Å². The van der Waals surface area contributed by atoms with E-state index in [4.69, 9.17) is 9.47 Å². The summed E-state index contributed by atoms with van der Waals surface area (Å²) in [5.74, 6) is 2.53. The lowest BCUT2D eigenvalue weighted by atomic mass is 10.2. The van der Waals surface area contributed by atoms with Crippen LogP contribution in [0.2, 0.25) is 0 Å². The summed E-state index contributed by atoms with van der Waals surface area (Å²) in [6, 6.07) is 15.2. The summed E-state index contributed by atoms with van der Waals surface area (Å²) in [5.41, 5.74) is 1.85. The van der Waals surface area contributed by atoms with Crippen molar-refractivity contribution in [1.29, 1.82) is 0 Å². The number of carbonyl (C=O) groups is 1. The summed E-state index contributed by atoms with van der Waals surface area (Å²) in [6.07, 6.45) is -0.310. The SMILES string of the molecule is COc1ccc(OC(C)c2nnc(SC(C)C(=O)Nc3ccccc3C)n2CC(C)C)cc1. The molecule has 0 bridgehead atoms. The number of aromatic nitrogens is 3. The van der Waals surface area contributed by atoms with Crippen molar-refractivity contribution < 1.29 is 14.3 Å². The van der Waals surface area contributed by atoms with E-state index < -0.39 is 0 Å². The van der Waals surface area contributed by atoms with Crippen LogP contribution in [0.15, 0.2) is 53.7 Å². The number of nitrogens with zero attached hydrogens (tertiary/aromatic N) is 3. The Balaban J connectivity index is 1.75. The molecule has 2 unspecified atom stereocenters. The van der Waals surface area contributed by atoms with Crippen molar-refractivity contribution in [3.8, 4) is 11.5 Å². The number of rotatable bonds is 10. The molecule has 0 spiro atoms. The van der Waals surface area contributed by atoms with Gasteiger partial charge in [-0.05, 0) is 62.6 Å². The molecule has 7 nitrogen and oxygen atoms in total. The van der Waals surface area contributed by atoms with E-state index in [0.29, 0.717) is 11.1 Å². The van der Waals surface area contributed by atoms with Crippen LogP contribution in [0.25, 0.3) is 0 Å². The predicted molar refractivity (Wildman–Crippen MR) is 132 cm³/mol. The minimum Gasteiger partial charge on any atom is -0.497 e. The molecule has 2 aromatic carbocycles. The van der Waals surface area contributed by atoms with Crippen molar-refractivity contribution in [3.63, 3.8) is 0 Å². The van der Waals surface area contributed by atoms with Gasteiger partial charge in [-0.25, -0.2) is 0 Å². The lowest BCUT2D eigenvalue weighted by Gasteiger charge is -2.19. The Kier molecular flexibility index (Phi) is 8.38. The van der Waals surface area contributed by atoms with Crippen LogP contribution in [0.3, 0.4) is 0 Å². The van der Waals surface area contributed by atoms with E-state index in [1.807, 2.05) is 69.3 Å². The van der Waals surface area contributed by atoms with Gasteiger partial charge in [0.2, 0.25) is 5.91 Å². The molecular formula is C25H32N4O3S. The number of amides is 1. The third-order valence-electron chi connectivity index (χ3n) is 5.08. The number of aryl methyl sites for hydroxylation is 1. The maximum atomic E-state index is 12.8. The van der Waals surface area contributed by atoms with Crippen LogP contribution in [0, 0.1) is 12.8 Å². The van der Waals surface area contributed by atoms with Crippen molar-refractivity contribution in [3.05, 3.63) is 59.9 Å². The van der Waals surface area contributed by atoms with E-state index in [1.54, 1.807) is 7.11 Å². The topological polar surface area (TPSA) is 78.3 Å². The molecule has 1 amide bonds. The molecule has 1 heterocycles.